The van der Waals surface area contributed by atoms with Gasteiger partial charge in [0.2, 0.25) is 0 Å². The molecule has 5 heteroatoms. The van der Waals surface area contributed by atoms with Crippen LogP contribution in [0.4, 0.5) is 10.1 Å². The lowest BCUT2D eigenvalue weighted by Crippen LogP contribution is -2.26. The van der Waals surface area contributed by atoms with E-state index in [1.165, 1.54) is 12.1 Å². The van der Waals surface area contributed by atoms with Crippen LogP contribution >= 0.6 is 11.6 Å². The van der Waals surface area contributed by atoms with E-state index in [4.69, 9.17) is 11.6 Å². The Balaban J connectivity index is 1.93. The molecule has 1 aliphatic rings. The summed E-state index contributed by atoms with van der Waals surface area (Å²) < 4.78 is 13.8. The van der Waals surface area contributed by atoms with Crippen molar-refractivity contribution < 1.29 is 9.18 Å². The molecule has 1 heterocycles. The summed E-state index contributed by atoms with van der Waals surface area (Å²) in [6.45, 7) is 1.58. The Morgan fingerprint density at radius 2 is 2.05 bits per heavy atom. The Morgan fingerprint density at radius 1 is 1.24 bits per heavy atom. The minimum Gasteiger partial charge on any atom is -0.318 e. The smallest absolute Gasteiger partial charge is 0.256 e. The van der Waals surface area contributed by atoms with Crippen molar-refractivity contribution in [2.75, 3.05) is 11.9 Å². The van der Waals surface area contributed by atoms with Gasteiger partial charge in [-0.1, -0.05) is 29.8 Å². The summed E-state index contributed by atoms with van der Waals surface area (Å²) in [4.78, 5) is 12.4. The van der Waals surface area contributed by atoms with E-state index in [0.717, 1.165) is 30.6 Å². The van der Waals surface area contributed by atoms with Gasteiger partial charge in [-0.05, 0) is 42.3 Å². The van der Waals surface area contributed by atoms with Crippen molar-refractivity contribution >= 4 is 23.2 Å². The zero-order valence-electron chi connectivity index (χ0n) is 11.2. The maximum absolute atomic E-state index is 13.8. The van der Waals surface area contributed by atoms with Gasteiger partial charge in [0, 0.05) is 12.1 Å². The molecule has 0 saturated heterocycles. The molecule has 0 aliphatic carbocycles. The third-order valence-corrected chi connectivity index (χ3v) is 3.90. The number of halogens is 2. The fourth-order valence-corrected chi connectivity index (χ4v) is 2.75. The number of hydrogen-bond donors (Lipinski definition) is 2. The number of amides is 1. The van der Waals surface area contributed by atoms with Gasteiger partial charge < -0.3 is 10.6 Å². The van der Waals surface area contributed by atoms with Crippen LogP contribution in [0.1, 0.15) is 21.5 Å². The van der Waals surface area contributed by atoms with E-state index in [2.05, 4.69) is 10.6 Å². The summed E-state index contributed by atoms with van der Waals surface area (Å²) in [7, 11) is 0. The van der Waals surface area contributed by atoms with Crippen LogP contribution in [0.15, 0.2) is 36.4 Å². The van der Waals surface area contributed by atoms with Gasteiger partial charge in [-0.2, -0.15) is 0 Å². The highest BCUT2D eigenvalue weighted by molar-refractivity contribution is 6.34. The molecular weight excluding hydrogens is 291 g/mol. The number of para-hydroxylation sites is 1. The quantitative estimate of drug-likeness (QED) is 0.893. The second kappa shape index (κ2) is 5.84. The summed E-state index contributed by atoms with van der Waals surface area (Å²) in [5.41, 5.74) is 2.72. The fourth-order valence-electron chi connectivity index (χ4n) is 2.54. The minimum atomic E-state index is -0.540. The van der Waals surface area contributed by atoms with Crippen molar-refractivity contribution in [2.24, 2.45) is 0 Å². The highest BCUT2D eigenvalue weighted by atomic mass is 35.5. The summed E-state index contributed by atoms with van der Waals surface area (Å²) in [5.74, 6) is -0.872. The zero-order valence-corrected chi connectivity index (χ0v) is 12.0. The van der Waals surface area contributed by atoms with E-state index in [9.17, 15) is 9.18 Å². The molecule has 0 spiro atoms. The van der Waals surface area contributed by atoms with Crippen LogP contribution in [0.5, 0.6) is 0 Å². The molecular formula is C16H14ClFN2O. The molecule has 0 radical (unpaired) electrons. The first-order chi connectivity index (χ1) is 10.2. The number of nitrogens with one attached hydrogen (secondary N) is 2. The van der Waals surface area contributed by atoms with E-state index < -0.39 is 5.82 Å². The van der Waals surface area contributed by atoms with Crippen LogP contribution in [-0.2, 0) is 13.0 Å². The molecule has 0 bridgehead atoms. The lowest BCUT2D eigenvalue weighted by Gasteiger charge is -2.20. The van der Waals surface area contributed by atoms with Gasteiger partial charge in [0.15, 0.2) is 0 Å². The van der Waals surface area contributed by atoms with Crippen LogP contribution in [-0.4, -0.2) is 12.5 Å². The highest BCUT2D eigenvalue weighted by Gasteiger charge is 2.19. The Labute approximate surface area is 127 Å². The largest absolute Gasteiger partial charge is 0.318 e. The maximum atomic E-state index is 13.8. The van der Waals surface area contributed by atoms with Gasteiger partial charge in [-0.3, -0.25) is 4.79 Å². The monoisotopic (exact) mass is 304 g/mol. The maximum Gasteiger partial charge on any atom is 0.256 e. The Hall–Kier alpha value is -1.91. The van der Waals surface area contributed by atoms with E-state index in [1.807, 2.05) is 12.1 Å². The first-order valence-corrected chi connectivity index (χ1v) is 7.11. The Bertz CT molecular complexity index is 682. The van der Waals surface area contributed by atoms with Crippen LogP contribution in [0.2, 0.25) is 5.02 Å². The molecule has 2 N–H and O–H groups in total. The van der Waals surface area contributed by atoms with Crippen molar-refractivity contribution in [1.29, 1.82) is 0 Å². The molecule has 1 aliphatic heterocycles. The molecule has 0 atom stereocenters. The zero-order chi connectivity index (χ0) is 14.8. The molecule has 0 fully saturated rings. The normalized spacial score (nSPS) is 13.6. The number of benzene rings is 2. The van der Waals surface area contributed by atoms with E-state index >= 15 is 0 Å². The standard InChI is InChI=1S/C16H14ClFN2O/c17-13-5-2-6-14(18)15(13)20-16(21)12-4-1-3-10-9-19-8-7-11(10)12/h1-6,19H,7-9H2,(H,20,21). The second-order valence-electron chi connectivity index (χ2n) is 4.92. The SMILES string of the molecule is O=C(Nc1c(F)cccc1Cl)c1cccc2c1CCNC2. The number of carbonyl (C=O) groups excluding carboxylic acids is 1. The van der Waals surface area contributed by atoms with E-state index in [-0.39, 0.29) is 16.6 Å². The molecule has 2 aromatic rings. The van der Waals surface area contributed by atoms with Crippen LogP contribution in [0.3, 0.4) is 0 Å². The topological polar surface area (TPSA) is 41.1 Å². The average molecular weight is 305 g/mol. The molecule has 3 nitrogen and oxygen atoms in total. The Kier molecular flexibility index (Phi) is 3.90. The molecule has 1 amide bonds. The number of hydrogen-bond acceptors (Lipinski definition) is 2. The van der Waals surface area contributed by atoms with Crippen molar-refractivity contribution in [2.45, 2.75) is 13.0 Å². The summed E-state index contributed by atoms with van der Waals surface area (Å²) >= 11 is 5.94. The third-order valence-electron chi connectivity index (χ3n) is 3.59. The predicted octanol–water partition coefficient (Wildman–Crippen LogP) is 3.38. The van der Waals surface area contributed by atoms with Crippen LogP contribution in [0.25, 0.3) is 0 Å². The van der Waals surface area contributed by atoms with Gasteiger partial charge >= 0.3 is 0 Å². The number of carbonyl (C=O) groups is 1. The van der Waals surface area contributed by atoms with Gasteiger partial charge in [-0.15, -0.1) is 0 Å². The number of anilines is 1. The van der Waals surface area contributed by atoms with Gasteiger partial charge in [0.25, 0.3) is 5.91 Å². The second-order valence-corrected chi connectivity index (χ2v) is 5.33. The molecule has 108 valence electrons. The summed E-state index contributed by atoms with van der Waals surface area (Å²) in [5, 5.41) is 6.03. The van der Waals surface area contributed by atoms with Crippen LogP contribution in [0, 0.1) is 5.82 Å². The highest BCUT2D eigenvalue weighted by Crippen LogP contribution is 2.26. The summed E-state index contributed by atoms with van der Waals surface area (Å²) in [6.07, 6.45) is 0.782. The van der Waals surface area contributed by atoms with Crippen molar-refractivity contribution in [3.63, 3.8) is 0 Å². The van der Waals surface area contributed by atoms with Gasteiger partial charge in [0.05, 0.1) is 10.7 Å². The predicted molar refractivity (Wildman–Crippen MR) is 81.2 cm³/mol. The number of fused-ring (bicyclic) bond motifs is 1. The van der Waals surface area contributed by atoms with E-state index in [1.54, 1.807) is 12.1 Å². The first kappa shape index (κ1) is 14.0. The van der Waals surface area contributed by atoms with Crippen molar-refractivity contribution in [3.8, 4) is 0 Å². The lowest BCUT2D eigenvalue weighted by molar-refractivity contribution is 0.102. The number of rotatable bonds is 2. The first-order valence-electron chi connectivity index (χ1n) is 6.73. The molecule has 0 unspecified atom stereocenters. The molecule has 2 aromatic carbocycles. The Morgan fingerprint density at radius 3 is 2.86 bits per heavy atom. The summed E-state index contributed by atoms with van der Waals surface area (Å²) in [6, 6.07) is 9.91. The van der Waals surface area contributed by atoms with E-state index in [0.29, 0.717) is 5.56 Å². The molecule has 0 saturated carbocycles. The molecule has 3 rings (SSSR count). The van der Waals surface area contributed by atoms with Crippen LogP contribution < -0.4 is 10.6 Å². The van der Waals surface area contributed by atoms with Crippen molar-refractivity contribution in [3.05, 3.63) is 63.9 Å². The average Bonchev–Trinajstić information content (AvgIpc) is 2.50. The fraction of sp³-hybridized carbons (Fsp3) is 0.188. The van der Waals surface area contributed by atoms with Gasteiger partial charge in [0.1, 0.15) is 5.82 Å². The third kappa shape index (κ3) is 2.77. The molecule has 21 heavy (non-hydrogen) atoms. The molecule has 0 aromatic heterocycles. The minimum absolute atomic E-state index is 0.0238. The van der Waals surface area contributed by atoms with Crippen molar-refractivity contribution in [1.82, 2.24) is 5.32 Å². The lowest BCUT2D eigenvalue weighted by atomic mass is 9.95. The van der Waals surface area contributed by atoms with Gasteiger partial charge in [-0.25, -0.2) is 4.39 Å².